The highest BCUT2D eigenvalue weighted by Gasteiger charge is 2.45. The minimum atomic E-state index is -1.06. The maximum atomic E-state index is 13.9. The third-order valence-corrected chi connectivity index (χ3v) is 7.74. The lowest BCUT2D eigenvalue weighted by molar-refractivity contribution is -0.146. The number of hydrogen-bond donors (Lipinski definition) is 4. The van der Waals surface area contributed by atoms with Crippen molar-refractivity contribution < 1.29 is 19.2 Å². The van der Waals surface area contributed by atoms with Gasteiger partial charge in [0.25, 0.3) is 0 Å². The highest BCUT2D eigenvalue weighted by atomic mass is 35.5. The molecule has 0 spiro atoms. The minimum Gasteiger partial charge on any atom is -0.370 e. The van der Waals surface area contributed by atoms with Crippen LogP contribution in [0.2, 0.25) is 5.02 Å². The van der Waals surface area contributed by atoms with E-state index in [0.29, 0.717) is 21.8 Å². The number of halogens is 1. The molecule has 1 aliphatic rings. The van der Waals surface area contributed by atoms with E-state index in [-0.39, 0.29) is 37.6 Å². The van der Waals surface area contributed by atoms with Crippen molar-refractivity contribution in [2.24, 2.45) is 28.1 Å². The van der Waals surface area contributed by atoms with E-state index >= 15 is 0 Å². The molecule has 3 atom stereocenters. The van der Waals surface area contributed by atoms with Crippen molar-refractivity contribution in [1.82, 2.24) is 4.90 Å². The van der Waals surface area contributed by atoms with Crippen LogP contribution < -0.4 is 22.5 Å². The van der Waals surface area contributed by atoms with Crippen LogP contribution in [0, 0.1) is 12.8 Å². The highest BCUT2D eigenvalue weighted by Crippen LogP contribution is 2.40. The summed E-state index contributed by atoms with van der Waals surface area (Å²) in [6.07, 6.45) is -0.120. The number of ketones is 1. The number of carbonyl (C=O) groups excluding carboxylic acids is 4. The van der Waals surface area contributed by atoms with Crippen LogP contribution in [0.1, 0.15) is 45.9 Å². The molecule has 3 aromatic carbocycles. The number of rotatable bonds is 10. The van der Waals surface area contributed by atoms with E-state index in [2.05, 4.69) is 10.3 Å². The number of aliphatic imine (C=N–C) groups is 1. The normalized spacial score (nSPS) is 16.6. The Balaban J connectivity index is 1.74. The van der Waals surface area contributed by atoms with E-state index in [9.17, 15) is 19.2 Å². The summed E-state index contributed by atoms with van der Waals surface area (Å²) in [4.78, 5) is 58.9. The Morgan fingerprint density at radius 1 is 0.976 bits per heavy atom. The molecule has 11 heteroatoms. The minimum absolute atomic E-state index is 0.0893. The number of amides is 3. The maximum absolute atomic E-state index is 13.9. The maximum Gasteiger partial charge on any atom is 0.240 e. The van der Waals surface area contributed by atoms with Gasteiger partial charge in [-0.1, -0.05) is 66.2 Å². The van der Waals surface area contributed by atoms with Gasteiger partial charge in [-0.05, 0) is 41.8 Å². The summed E-state index contributed by atoms with van der Waals surface area (Å²) in [5, 5.41) is 3.42. The van der Waals surface area contributed by atoms with E-state index in [4.69, 9.17) is 28.8 Å². The summed E-state index contributed by atoms with van der Waals surface area (Å²) in [6, 6.07) is 18.9. The monoisotopic (exact) mass is 588 g/mol. The van der Waals surface area contributed by atoms with Gasteiger partial charge in [0.2, 0.25) is 17.7 Å². The van der Waals surface area contributed by atoms with Gasteiger partial charge in [0.05, 0.1) is 18.5 Å². The summed E-state index contributed by atoms with van der Waals surface area (Å²) < 4.78 is 0. The summed E-state index contributed by atoms with van der Waals surface area (Å²) in [7, 11) is 0. The molecule has 10 nitrogen and oxygen atoms in total. The smallest absolute Gasteiger partial charge is 0.240 e. The van der Waals surface area contributed by atoms with Crippen molar-refractivity contribution in [1.29, 1.82) is 0 Å². The zero-order valence-electron chi connectivity index (χ0n) is 23.1. The van der Waals surface area contributed by atoms with Gasteiger partial charge < -0.3 is 27.4 Å². The van der Waals surface area contributed by atoms with E-state index < -0.39 is 35.7 Å². The lowest BCUT2D eigenvalue weighted by Gasteiger charge is -2.44. The van der Waals surface area contributed by atoms with Crippen LogP contribution in [0.25, 0.3) is 0 Å². The Kier molecular flexibility index (Phi) is 9.59. The number of aryl methyl sites for hydroxylation is 1. The number of anilines is 1. The second-order valence-corrected chi connectivity index (χ2v) is 10.6. The van der Waals surface area contributed by atoms with E-state index in [0.717, 1.165) is 11.1 Å². The molecule has 1 heterocycles. The van der Waals surface area contributed by atoms with E-state index in [1.807, 2.05) is 12.1 Å². The van der Waals surface area contributed by atoms with E-state index in [1.54, 1.807) is 67.6 Å². The van der Waals surface area contributed by atoms with Gasteiger partial charge in [-0.2, -0.15) is 0 Å². The molecule has 1 aliphatic heterocycles. The van der Waals surface area contributed by atoms with Crippen molar-refractivity contribution in [3.63, 3.8) is 0 Å². The second kappa shape index (κ2) is 13.3. The average molecular weight is 589 g/mol. The number of guanidine groups is 1. The quantitative estimate of drug-likeness (QED) is 0.161. The Labute approximate surface area is 248 Å². The largest absolute Gasteiger partial charge is 0.370 e. The first-order chi connectivity index (χ1) is 20.1. The van der Waals surface area contributed by atoms with E-state index in [1.165, 1.54) is 4.90 Å². The van der Waals surface area contributed by atoms with Crippen molar-refractivity contribution in [3.05, 3.63) is 100 Å². The molecule has 0 bridgehead atoms. The van der Waals surface area contributed by atoms with Gasteiger partial charge in [0, 0.05) is 35.5 Å². The number of nitrogens with zero attached hydrogens (tertiary/aromatic N) is 2. The molecule has 0 fully saturated rings. The fraction of sp³-hybridized carbons (Fsp3) is 0.258. The molecule has 0 saturated carbocycles. The van der Waals surface area contributed by atoms with Crippen LogP contribution >= 0.6 is 11.6 Å². The molecule has 4 rings (SSSR count). The SMILES string of the molecule is Cc1cc(NC(=O)[C@@H](CN=C(N)N)C2c3ccccc3CC(C(N)=O)N2C(=O)CCC(=O)c2ccccc2)ccc1Cl. The number of carbonyl (C=O) groups is 4. The number of hydrogen-bond acceptors (Lipinski definition) is 5. The molecule has 0 radical (unpaired) electrons. The molecular weight excluding hydrogens is 556 g/mol. The van der Waals surface area contributed by atoms with Crippen LogP contribution in [0.15, 0.2) is 77.8 Å². The van der Waals surface area contributed by atoms with Crippen molar-refractivity contribution >= 4 is 46.8 Å². The predicted octanol–water partition coefficient (Wildman–Crippen LogP) is 3.12. The molecule has 0 aromatic heterocycles. The first-order valence-corrected chi connectivity index (χ1v) is 13.8. The van der Waals surface area contributed by atoms with Crippen molar-refractivity contribution in [3.8, 4) is 0 Å². The van der Waals surface area contributed by atoms with Gasteiger partial charge in [-0.3, -0.25) is 24.2 Å². The fourth-order valence-electron chi connectivity index (χ4n) is 5.24. The Morgan fingerprint density at radius 2 is 1.67 bits per heavy atom. The zero-order valence-corrected chi connectivity index (χ0v) is 23.9. The average Bonchev–Trinajstić information content (AvgIpc) is 2.97. The van der Waals surface area contributed by atoms with Gasteiger partial charge in [0.1, 0.15) is 6.04 Å². The molecule has 42 heavy (non-hydrogen) atoms. The first-order valence-electron chi connectivity index (χ1n) is 13.5. The summed E-state index contributed by atoms with van der Waals surface area (Å²) in [5.74, 6) is -3.19. The molecule has 0 saturated heterocycles. The summed E-state index contributed by atoms with van der Waals surface area (Å²) in [5.41, 5.74) is 20.3. The van der Waals surface area contributed by atoms with Gasteiger partial charge in [0.15, 0.2) is 11.7 Å². The molecule has 2 unspecified atom stereocenters. The number of fused-ring (bicyclic) bond motifs is 1. The number of nitrogens with two attached hydrogens (primary N) is 3. The van der Waals surface area contributed by atoms with Gasteiger partial charge in [-0.25, -0.2) is 0 Å². The second-order valence-electron chi connectivity index (χ2n) is 10.2. The number of primary amides is 1. The zero-order chi connectivity index (χ0) is 30.4. The number of Topliss-reactive ketones (excluding diaryl/α,β-unsaturated/α-hetero) is 1. The van der Waals surface area contributed by atoms with Gasteiger partial charge >= 0.3 is 0 Å². The summed E-state index contributed by atoms with van der Waals surface area (Å²) in [6.45, 7) is 1.62. The van der Waals surface area contributed by atoms with Crippen LogP contribution in [-0.2, 0) is 20.8 Å². The molecule has 3 amide bonds. The highest BCUT2D eigenvalue weighted by molar-refractivity contribution is 6.31. The van der Waals surface area contributed by atoms with Crippen molar-refractivity contribution in [2.75, 3.05) is 11.9 Å². The molecule has 3 aromatic rings. The number of benzene rings is 3. The molecule has 7 N–H and O–H groups in total. The van der Waals surface area contributed by atoms with Crippen LogP contribution in [0.3, 0.4) is 0 Å². The summed E-state index contributed by atoms with van der Waals surface area (Å²) >= 11 is 6.16. The first kappa shape index (κ1) is 30.3. The Bertz CT molecular complexity index is 1520. The van der Waals surface area contributed by atoms with Crippen LogP contribution in [0.4, 0.5) is 5.69 Å². The molecule has 218 valence electrons. The van der Waals surface area contributed by atoms with Crippen LogP contribution in [-0.4, -0.2) is 47.0 Å². The topological polar surface area (TPSA) is 174 Å². The van der Waals surface area contributed by atoms with Crippen molar-refractivity contribution in [2.45, 2.75) is 38.3 Å². The lowest BCUT2D eigenvalue weighted by atomic mass is 9.80. The third-order valence-electron chi connectivity index (χ3n) is 7.31. The lowest BCUT2D eigenvalue weighted by Crippen LogP contribution is -2.56. The third kappa shape index (κ3) is 6.95. The molecule has 0 aliphatic carbocycles. The Morgan fingerprint density at radius 3 is 2.33 bits per heavy atom. The number of nitrogens with one attached hydrogen (secondary N) is 1. The standard InChI is InChI=1S/C31H33ClN6O4/c1-18-15-21(11-12-24(18)32)37-30(42)23(17-36-31(34)35)28-22-10-6-5-9-20(22)16-25(29(33)41)38(28)27(40)14-13-26(39)19-7-3-2-4-8-19/h2-12,15,23,25,28H,13-14,16-17H2,1H3,(H2,33,41)(H,37,42)(H4,34,35,36)/t23-,25?,28?/m0/s1. The Hall–Kier alpha value is -4.70. The fourth-order valence-corrected chi connectivity index (χ4v) is 5.36. The predicted molar refractivity (Wildman–Crippen MR) is 162 cm³/mol. The molecular formula is C31H33ClN6O4. The van der Waals surface area contributed by atoms with Gasteiger partial charge in [-0.15, -0.1) is 0 Å². The van der Waals surface area contributed by atoms with Crippen LogP contribution in [0.5, 0.6) is 0 Å².